The monoisotopic (exact) mass is 428 g/mol. The topological polar surface area (TPSA) is 106 Å². The molecule has 2 amide bonds. The van der Waals surface area contributed by atoms with Crippen molar-refractivity contribution in [1.82, 2.24) is 0 Å². The van der Waals surface area contributed by atoms with Crippen molar-refractivity contribution in [2.24, 2.45) is 5.73 Å². The molecule has 0 saturated heterocycles. The molecule has 6 nitrogen and oxygen atoms in total. The first-order valence-corrected chi connectivity index (χ1v) is 11.0. The summed E-state index contributed by atoms with van der Waals surface area (Å²) in [6.45, 7) is 0. The number of alkyl halides is 2. The predicted octanol–water partition coefficient (Wildman–Crippen LogP) is 3.36. The van der Waals surface area contributed by atoms with E-state index < -0.39 is 32.3 Å². The van der Waals surface area contributed by atoms with Crippen molar-refractivity contribution in [3.8, 4) is 0 Å². The SMILES string of the molecule is NC(=O)c1c(NC(=O)c2ccc(S(=O)(=O)C(F)F)cc2)sc2c1CCCCC2. The maximum atomic E-state index is 12.6. The van der Waals surface area contributed by atoms with Crippen LogP contribution >= 0.6 is 11.3 Å². The second kappa shape index (κ2) is 7.96. The molecular weight excluding hydrogens is 410 g/mol. The van der Waals surface area contributed by atoms with Gasteiger partial charge in [-0.05, 0) is 55.5 Å². The number of primary amides is 1. The Hall–Kier alpha value is -2.33. The van der Waals surface area contributed by atoms with Crippen LogP contribution in [0.3, 0.4) is 0 Å². The van der Waals surface area contributed by atoms with Gasteiger partial charge < -0.3 is 11.1 Å². The van der Waals surface area contributed by atoms with E-state index in [0.717, 1.165) is 66.8 Å². The number of nitrogens with one attached hydrogen (secondary N) is 1. The molecule has 1 aromatic carbocycles. The smallest absolute Gasteiger partial charge is 0.341 e. The Balaban J connectivity index is 1.87. The maximum Gasteiger partial charge on any atom is 0.341 e. The standard InChI is InChI=1S/C18H18F2N2O4S2/c19-18(20)28(25,26)11-8-6-10(7-9-11)16(24)22-17-14(15(21)23)12-4-2-1-3-5-13(12)27-17/h6-9,18H,1-5H2,(H2,21,23)(H,22,24). The molecular formula is C18H18F2N2O4S2. The Bertz CT molecular complexity index is 1010. The van der Waals surface area contributed by atoms with Crippen LogP contribution in [0.25, 0.3) is 0 Å². The van der Waals surface area contributed by atoms with E-state index in [9.17, 15) is 26.8 Å². The van der Waals surface area contributed by atoms with Crippen molar-refractivity contribution < 1.29 is 26.8 Å². The Labute approximate surface area is 164 Å². The second-order valence-corrected chi connectivity index (χ2v) is 9.44. The molecule has 2 aromatic rings. The normalized spacial score (nSPS) is 14.4. The largest absolute Gasteiger partial charge is 0.365 e. The van der Waals surface area contributed by atoms with Crippen LogP contribution in [0.15, 0.2) is 29.2 Å². The summed E-state index contributed by atoms with van der Waals surface area (Å²) in [6, 6.07) is 4.20. The fraction of sp³-hybridized carbons (Fsp3) is 0.333. The molecule has 1 heterocycles. The second-order valence-electron chi connectivity index (χ2n) is 6.42. The van der Waals surface area contributed by atoms with Gasteiger partial charge in [0.15, 0.2) is 0 Å². The number of hydrogen-bond donors (Lipinski definition) is 2. The molecule has 0 atom stereocenters. The molecule has 1 aliphatic carbocycles. The molecule has 150 valence electrons. The van der Waals surface area contributed by atoms with E-state index in [1.165, 1.54) is 11.3 Å². The van der Waals surface area contributed by atoms with Crippen LogP contribution in [0, 0.1) is 0 Å². The van der Waals surface area contributed by atoms with E-state index in [0.29, 0.717) is 10.6 Å². The van der Waals surface area contributed by atoms with Gasteiger partial charge in [0.1, 0.15) is 5.00 Å². The summed E-state index contributed by atoms with van der Waals surface area (Å²) in [6.07, 6.45) is 4.54. The van der Waals surface area contributed by atoms with Crippen molar-refractivity contribution in [1.29, 1.82) is 0 Å². The highest BCUT2D eigenvalue weighted by Crippen LogP contribution is 2.37. The lowest BCUT2D eigenvalue weighted by Gasteiger charge is -2.07. The van der Waals surface area contributed by atoms with Gasteiger partial charge >= 0.3 is 5.76 Å². The molecule has 0 aliphatic heterocycles. The third-order valence-corrected chi connectivity index (χ3v) is 7.18. The Kier molecular flexibility index (Phi) is 5.80. The lowest BCUT2D eigenvalue weighted by Crippen LogP contribution is -2.18. The molecule has 0 saturated carbocycles. The number of benzene rings is 1. The number of carbonyl (C=O) groups excluding carboxylic acids is 2. The molecule has 0 bridgehead atoms. The number of rotatable bonds is 5. The minimum absolute atomic E-state index is 0.0761. The highest BCUT2D eigenvalue weighted by molar-refractivity contribution is 7.91. The number of thiophene rings is 1. The third-order valence-electron chi connectivity index (χ3n) is 4.57. The van der Waals surface area contributed by atoms with Crippen molar-refractivity contribution in [2.75, 3.05) is 5.32 Å². The summed E-state index contributed by atoms with van der Waals surface area (Å²) in [5.41, 5.74) is 6.79. The van der Waals surface area contributed by atoms with Gasteiger partial charge in [0.25, 0.3) is 11.8 Å². The van der Waals surface area contributed by atoms with Gasteiger partial charge in [-0.15, -0.1) is 11.3 Å². The fourth-order valence-electron chi connectivity index (χ4n) is 3.17. The van der Waals surface area contributed by atoms with Crippen LogP contribution in [0.1, 0.15) is 50.4 Å². The minimum Gasteiger partial charge on any atom is -0.365 e. The van der Waals surface area contributed by atoms with Gasteiger partial charge in [-0.3, -0.25) is 9.59 Å². The highest BCUT2D eigenvalue weighted by atomic mass is 32.2. The quantitative estimate of drug-likeness (QED) is 0.712. The van der Waals surface area contributed by atoms with Crippen molar-refractivity contribution in [3.63, 3.8) is 0 Å². The number of hydrogen-bond acceptors (Lipinski definition) is 5. The van der Waals surface area contributed by atoms with Crippen molar-refractivity contribution >= 4 is 38.0 Å². The first kappa shape index (κ1) is 20.4. The number of carbonyl (C=O) groups is 2. The Morgan fingerprint density at radius 2 is 1.71 bits per heavy atom. The minimum atomic E-state index is -4.73. The lowest BCUT2D eigenvalue weighted by atomic mass is 10.1. The van der Waals surface area contributed by atoms with Crippen LogP contribution in [0.5, 0.6) is 0 Å². The average molecular weight is 428 g/mol. The van der Waals surface area contributed by atoms with Crippen molar-refractivity contribution in [3.05, 3.63) is 45.8 Å². The molecule has 0 fully saturated rings. The van der Waals surface area contributed by atoms with Crippen LogP contribution < -0.4 is 11.1 Å². The van der Waals surface area contributed by atoms with Crippen LogP contribution in [-0.4, -0.2) is 26.0 Å². The van der Waals surface area contributed by atoms with Crippen LogP contribution in [-0.2, 0) is 22.7 Å². The summed E-state index contributed by atoms with van der Waals surface area (Å²) in [7, 11) is -4.73. The first-order valence-electron chi connectivity index (χ1n) is 8.59. The maximum absolute atomic E-state index is 12.6. The number of amides is 2. The molecule has 3 rings (SSSR count). The van der Waals surface area contributed by atoms with Crippen LogP contribution in [0.4, 0.5) is 13.8 Å². The number of anilines is 1. The lowest BCUT2D eigenvalue weighted by molar-refractivity contribution is 0.100. The fourth-order valence-corrected chi connectivity index (χ4v) is 5.18. The van der Waals surface area contributed by atoms with Crippen LogP contribution in [0.2, 0.25) is 0 Å². The Morgan fingerprint density at radius 1 is 1.07 bits per heavy atom. The van der Waals surface area contributed by atoms with Gasteiger partial charge in [-0.1, -0.05) is 6.42 Å². The average Bonchev–Trinajstić information content (AvgIpc) is 2.82. The predicted molar refractivity (Wildman–Crippen MR) is 102 cm³/mol. The molecule has 0 unspecified atom stereocenters. The van der Waals surface area contributed by atoms with E-state index >= 15 is 0 Å². The van der Waals surface area contributed by atoms with E-state index in [-0.39, 0.29) is 5.56 Å². The van der Waals surface area contributed by atoms with E-state index in [4.69, 9.17) is 5.73 Å². The highest BCUT2D eigenvalue weighted by Gasteiger charge is 2.27. The summed E-state index contributed by atoms with van der Waals surface area (Å²) >= 11 is 1.31. The van der Waals surface area contributed by atoms with E-state index in [1.807, 2.05) is 0 Å². The summed E-state index contributed by atoms with van der Waals surface area (Å²) < 4.78 is 48.1. The first-order chi connectivity index (χ1) is 13.2. The van der Waals surface area contributed by atoms with Gasteiger partial charge in [0, 0.05) is 10.4 Å². The number of halogens is 2. The van der Waals surface area contributed by atoms with Gasteiger partial charge in [0.2, 0.25) is 9.84 Å². The summed E-state index contributed by atoms with van der Waals surface area (Å²) in [4.78, 5) is 24.9. The van der Waals surface area contributed by atoms with Gasteiger partial charge in [0.05, 0.1) is 10.5 Å². The number of sulfone groups is 1. The third kappa shape index (κ3) is 3.93. The molecule has 0 radical (unpaired) electrons. The van der Waals surface area contributed by atoms with E-state index in [1.54, 1.807) is 0 Å². The molecule has 28 heavy (non-hydrogen) atoms. The van der Waals surface area contributed by atoms with Crippen molar-refractivity contribution in [2.45, 2.75) is 42.8 Å². The number of fused-ring (bicyclic) bond motifs is 1. The summed E-state index contributed by atoms with van der Waals surface area (Å²) in [5.74, 6) is -4.74. The van der Waals surface area contributed by atoms with E-state index in [2.05, 4.69) is 5.32 Å². The Morgan fingerprint density at radius 3 is 2.32 bits per heavy atom. The molecule has 1 aromatic heterocycles. The molecule has 10 heteroatoms. The number of aryl methyl sites for hydroxylation is 1. The summed E-state index contributed by atoms with van der Waals surface area (Å²) in [5, 5.41) is 3.00. The molecule has 3 N–H and O–H groups in total. The zero-order valence-electron chi connectivity index (χ0n) is 14.7. The molecule has 0 spiro atoms. The van der Waals surface area contributed by atoms with Gasteiger partial charge in [-0.2, -0.15) is 8.78 Å². The molecule has 1 aliphatic rings. The zero-order chi connectivity index (χ0) is 20.5. The number of nitrogens with two attached hydrogens (primary N) is 1. The van der Waals surface area contributed by atoms with Gasteiger partial charge in [-0.25, -0.2) is 8.42 Å². The zero-order valence-corrected chi connectivity index (χ0v) is 16.3.